The molecular weight excluding hydrogens is 1080 g/mol. The molecule has 0 radical (unpaired) electrons. The van der Waals surface area contributed by atoms with Gasteiger partial charge in [-0.1, -0.05) is 12.1 Å². The number of imide groups is 2. The number of hydroxylamine groups is 2. The molecule has 1 unspecified atom stereocenters. The summed E-state index contributed by atoms with van der Waals surface area (Å²) in [5.41, 5.74) is -3.94. The molecule has 81 heavy (non-hydrogen) atoms. The van der Waals surface area contributed by atoms with Crippen LogP contribution >= 0.6 is 11.8 Å². The molecule has 0 spiro atoms. The van der Waals surface area contributed by atoms with Gasteiger partial charge >= 0.3 is 5.97 Å². The molecule has 4 N–H and O–H groups in total. The van der Waals surface area contributed by atoms with Crippen molar-refractivity contribution in [2.24, 2.45) is 11.8 Å². The molecule has 10 atom stereocenters. The zero-order valence-electron chi connectivity index (χ0n) is 45.3. The molecule has 10 rings (SSSR count). The van der Waals surface area contributed by atoms with Gasteiger partial charge in [-0.15, -0.1) is 16.8 Å². The van der Waals surface area contributed by atoms with Crippen molar-refractivity contribution in [1.82, 2.24) is 20.2 Å². The fourth-order valence-electron chi connectivity index (χ4n) is 12.4. The number of ether oxygens (including phenoxy) is 8. The Morgan fingerprint density at radius 1 is 0.914 bits per heavy atom. The molecule has 5 amide bonds. The second-order valence-electron chi connectivity index (χ2n) is 21.6. The van der Waals surface area contributed by atoms with Crippen LogP contribution in [0.2, 0.25) is 0 Å². The first kappa shape index (κ1) is 58.3. The van der Waals surface area contributed by atoms with Crippen molar-refractivity contribution in [3.05, 3.63) is 51.6 Å². The number of Topliss-reactive ketones (excluding diaryl/α,β-unsaturated/α-hetero) is 1. The summed E-state index contributed by atoms with van der Waals surface area (Å²) in [6.45, 7) is 3.90. The number of phenolic OH excluding ortho intramolecular Hbond substituents is 2. The first-order valence-electron chi connectivity index (χ1n) is 27.3. The zero-order valence-corrected chi connectivity index (χ0v) is 46.1. The zero-order chi connectivity index (χ0) is 57.6. The number of morpholine rings is 1. The van der Waals surface area contributed by atoms with Gasteiger partial charge in [-0.25, -0.2) is 4.79 Å². The Morgan fingerprint density at radius 3 is 2.38 bits per heavy atom. The molecule has 0 aromatic heterocycles. The van der Waals surface area contributed by atoms with E-state index in [2.05, 4.69) is 10.2 Å². The van der Waals surface area contributed by atoms with Gasteiger partial charge in [0.1, 0.15) is 35.1 Å². The van der Waals surface area contributed by atoms with Crippen LogP contribution in [0.1, 0.15) is 121 Å². The number of methoxy groups -OCH3 is 2. The minimum atomic E-state index is -2.38. The first-order chi connectivity index (χ1) is 38.8. The molecule has 1 saturated carbocycles. The maximum atomic E-state index is 14.3. The van der Waals surface area contributed by atoms with Crippen LogP contribution in [0.15, 0.2) is 18.2 Å². The van der Waals surface area contributed by atoms with Gasteiger partial charge in [0.25, 0.3) is 11.8 Å². The number of benzene rings is 2. The molecule has 6 fully saturated rings. The van der Waals surface area contributed by atoms with Crippen molar-refractivity contribution in [2.45, 2.75) is 138 Å². The molecule has 5 aliphatic heterocycles. The summed E-state index contributed by atoms with van der Waals surface area (Å²) in [6.07, 6.45) is -4.63. The van der Waals surface area contributed by atoms with Gasteiger partial charge in [0, 0.05) is 87.2 Å². The standard InChI is InChI=1S/C55H66N4O21S/c1-26-49-32(57-14-15-76-54(73-4)52(57)79-49)20-40(77-26)78-34-23-55(71,22-31-42(34)48(67)44-43(46(31)65)45(64)30-6-5-7-33(72-3)41(30)47(44)66)36(60)24-56-50(68)27(2)75-17-16-74-18-19-81-35-21-39(63)58(51(35)69)25-28-8-10-29(11-9-28)53(70)80-59-37(61)12-13-38(59)62/h5-7,26-29,32,34-35,40,49,52,54,65,67,71H,8-25H2,1-4H3,(H,56,68)/t26-,27-,28?,29?,32-,34-,35?,40-,49+,52+,54-,55-/m0/s1. The topological polar surface area (TPSA) is 319 Å². The molecule has 438 valence electrons. The molecule has 0 bridgehead atoms. The minimum absolute atomic E-state index is 0.00520. The van der Waals surface area contributed by atoms with E-state index in [9.17, 15) is 58.5 Å². The molecule has 8 aliphatic rings. The Morgan fingerprint density at radius 2 is 1.65 bits per heavy atom. The average molecular weight is 1150 g/mol. The van der Waals surface area contributed by atoms with Gasteiger partial charge < -0.3 is 63.4 Å². The molecule has 3 aliphatic carbocycles. The molecular formula is C55H66N4O21S. The van der Waals surface area contributed by atoms with E-state index in [1.807, 2.05) is 0 Å². The highest BCUT2D eigenvalue weighted by Crippen LogP contribution is 2.53. The molecule has 2 aromatic carbocycles. The number of nitrogens with zero attached hydrogens (tertiary/aromatic N) is 3. The van der Waals surface area contributed by atoms with Crippen LogP contribution in [0.3, 0.4) is 0 Å². The Kier molecular flexibility index (Phi) is 17.3. The van der Waals surface area contributed by atoms with Crippen LogP contribution in [0, 0.1) is 11.8 Å². The van der Waals surface area contributed by atoms with Gasteiger partial charge in [-0.05, 0) is 51.5 Å². The van der Waals surface area contributed by atoms with Gasteiger partial charge in [-0.2, -0.15) is 0 Å². The lowest BCUT2D eigenvalue weighted by Crippen LogP contribution is -2.55. The van der Waals surface area contributed by atoms with Crippen molar-refractivity contribution >= 4 is 64.6 Å². The Labute approximate surface area is 469 Å². The Bertz CT molecular complexity index is 2860. The number of carbonyl (C=O) groups excluding carboxylic acids is 9. The third kappa shape index (κ3) is 11.4. The minimum Gasteiger partial charge on any atom is -0.507 e. The van der Waals surface area contributed by atoms with E-state index in [4.69, 9.17) is 42.7 Å². The second kappa shape index (κ2) is 24.1. The third-order valence-corrected chi connectivity index (χ3v) is 17.8. The number of ketones is 3. The van der Waals surface area contributed by atoms with E-state index in [0.717, 1.165) is 0 Å². The monoisotopic (exact) mass is 1150 g/mol. The summed E-state index contributed by atoms with van der Waals surface area (Å²) in [6, 6.07) is 4.11. The lowest BCUT2D eigenvalue weighted by molar-refractivity contribution is -0.256. The molecule has 2 aromatic rings. The van der Waals surface area contributed by atoms with E-state index in [1.165, 1.54) is 56.0 Å². The third-order valence-electron chi connectivity index (χ3n) is 16.6. The van der Waals surface area contributed by atoms with E-state index in [0.29, 0.717) is 49.7 Å². The van der Waals surface area contributed by atoms with Gasteiger partial charge in [0.05, 0.1) is 80.1 Å². The summed E-state index contributed by atoms with van der Waals surface area (Å²) >= 11 is 1.29. The maximum absolute atomic E-state index is 14.3. The maximum Gasteiger partial charge on any atom is 0.336 e. The highest BCUT2D eigenvalue weighted by atomic mass is 32.2. The fourth-order valence-corrected chi connectivity index (χ4v) is 13.4. The lowest BCUT2D eigenvalue weighted by Gasteiger charge is -2.43. The number of nitrogens with one attached hydrogen (secondary N) is 1. The number of fused-ring (bicyclic) bond motifs is 6. The molecule has 25 nitrogen and oxygen atoms in total. The highest BCUT2D eigenvalue weighted by molar-refractivity contribution is 8.00. The van der Waals surface area contributed by atoms with E-state index < -0.39 is 143 Å². The summed E-state index contributed by atoms with van der Waals surface area (Å²) < 4.78 is 47.3. The molecule has 26 heteroatoms. The number of hydrogen-bond acceptors (Lipinski definition) is 23. The summed E-state index contributed by atoms with van der Waals surface area (Å²) in [4.78, 5) is 127. The van der Waals surface area contributed by atoms with Crippen molar-refractivity contribution < 1.29 is 101 Å². The number of thioether (sulfide) groups is 1. The van der Waals surface area contributed by atoms with Crippen LogP contribution in [-0.2, 0) is 78.0 Å². The van der Waals surface area contributed by atoms with Gasteiger partial charge in [0.15, 0.2) is 30.4 Å². The number of amides is 5. The van der Waals surface area contributed by atoms with Crippen molar-refractivity contribution in [2.75, 3.05) is 66.0 Å². The van der Waals surface area contributed by atoms with Crippen LogP contribution in [0.25, 0.3) is 0 Å². The first-order valence-corrected chi connectivity index (χ1v) is 28.4. The Hall–Kier alpha value is -5.94. The number of phenols is 2. The van der Waals surface area contributed by atoms with Crippen molar-refractivity contribution in [3.63, 3.8) is 0 Å². The number of likely N-dealkylation sites (tertiary alicyclic amines) is 1. The predicted octanol–water partition coefficient (Wildman–Crippen LogP) is 1.53. The van der Waals surface area contributed by atoms with Gasteiger partial charge in [-0.3, -0.25) is 48.2 Å². The van der Waals surface area contributed by atoms with E-state index in [-0.39, 0.29) is 104 Å². The smallest absolute Gasteiger partial charge is 0.336 e. The van der Waals surface area contributed by atoms with Crippen LogP contribution in [-0.4, -0.2) is 203 Å². The number of carbonyl (C=O) groups is 9. The predicted molar refractivity (Wildman–Crippen MR) is 276 cm³/mol. The normalized spacial score (nSPS) is 30.4. The van der Waals surface area contributed by atoms with E-state index >= 15 is 0 Å². The lowest BCUT2D eigenvalue weighted by atomic mass is 9.71. The fraction of sp³-hybridized carbons (Fsp3) is 0.618. The average Bonchev–Trinajstić information content (AvgIpc) is 4.29. The second-order valence-corrected chi connectivity index (χ2v) is 22.9. The summed E-state index contributed by atoms with van der Waals surface area (Å²) in [7, 11) is 2.84. The SMILES string of the molecule is COc1cccc2c1C(=O)c1c(O)c3c(c(O)c1C2=O)C[C@@](O)(C(=O)CNC(=O)[C@H](C)OCCOCCSC1CC(=O)N(CC2CCC(C(=O)ON4C(=O)CCC4=O)CC2)C1=O)C[C@@H]3O[C@H]1C[C@H]2[C@H](O[C@@H]3[C@@H](OC)OCCN32)[C@H](C)O1. The number of rotatable bonds is 20. The number of aromatic hydroxyl groups is 2. The van der Waals surface area contributed by atoms with Gasteiger partial charge in [0.2, 0.25) is 23.5 Å². The molecule has 5 saturated heterocycles. The van der Waals surface area contributed by atoms with Crippen LogP contribution in [0.5, 0.6) is 17.2 Å². The number of hydrogen-bond donors (Lipinski definition) is 4. The van der Waals surface area contributed by atoms with Crippen LogP contribution < -0.4 is 10.1 Å². The molecule has 5 heterocycles. The van der Waals surface area contributed by atoms with Crippen LogP contribution in [0.4, 0.5) is 0 Å². The van der Waals surface area contributed by atoms with Crippen molar-refractivity contribution in [1.29, 1.82) is 0 Å². The Balaban J connectivity index is 0.715. The summed E-state index contributed by atoms with van der Waals surface area (Å²) in [5, 5.41) is 39.0. The largest absolute Gasteiger partial charge is 0.507 e. The summed E-state index contributed by atoms with van der Waals surface area (Å²) in [5.74, 6) is -6.97. The van der Waals surface area contributed by atoms with Crippen molar-refractivity contribution in [3.8, 4) is 17.2 Å². The highest BCUT2D eigenvalue weighted by Gasteiger charge is 2.55. The number of aliphatic hydroxyl groups is 1. The van der Waals surface area contributed by atoms with E-state index in [1.54, 1.807) is 6.92 Å². The quantitative estimate of drug-likeness (QED) is 0.0708.